The number of nitrogens with one attached hydrogen (secondary N) is 2. The topological polar surface area (TPSA) is 88.2 Å². The van der Waals surface area contributed by atoms with Gasteiger partial charge in [0.25, 0.3) is 10.0 Å². The zero-order valence-electron chi connectivity index (χ0n) is 9.97. The lowest BCUT2D eigenvalue weighted by atomic mass is 10.3. The SMILES string of the molecule is CCNC(=O)C(C)NS(=O)(=O)c1ncccc1F. The first-order chi connectivity index (χ1) is 8.38. The number of hydrogen-bond acceptors (Lipinski definition) is 4. The molecule has 0 saturated carbocycles. The van der Waals surface area contributed by atoms with Crippen molar-refractivity contribution >= 4 is 15.9 Å². The van der Waals surface area contributed by atoms with Gasteiger partial charge in [-0.2, -0.15) is 4.72 Å². The number of hydrogen-bond donors (Lipinski definition) is 2. The summed E-state index contributed by atoms with van der Waals surface area (Å²) in [5.74, 6) is -1.45. The smallest absolute Gasteiger partial charge is 0.261 e. The fourth-order valence-corrected chi connectivity index (χ4v) is 2.45. The molecule has 1 aromatic heterocycles. The Hall–Kier alpha value is -1.54. The van der Waals surface area contributed by atoms with Crippen LogP contribution in [0.1, 0.15) is 13.8 Å². The predicted molar refractivity (Wildman–Crippen MR) is 62.7 cm³/mol. The Morgan fingerprint density at radius 3 is 2.78 bits per heavy atom. The number of carbonyl (C=O) groups is 1. The number of aromatic nitrogens is 1. The molecular weight excluding hydrogens is 261 g/mol. The number of nitrogens with zero attached hydrogens (tertiary/aromatic N) is 1. The molecule has 100 valence electrons. The number of likely N-dealkylation sites (N-methyl/N-ethyl adjacent to an activating group) is 1. The van der Waals surface area contributed by atoms with Crippen molar-refractivity contribution in [3.8, 4) is 0 Å². The molecule has 1 aromatic rings. The second-order valence-corrected chi connectivity index (χ2v) is 5.16. The van der Waals surface area contributed by atoms with Crippen LogP contribution in [0.15, 0.2) is 23.4 Å². The lowest BCUT2D eigenvalue weighted by molar-refractivity contribution is -0.122. The van der Waals surface area contributed by atoms with Crippen molar-refractivity contribution in [3.63, 3.8) is 0 Å². The van der Waals surface area contributed by atoms with E-state index in [0.29, 0.717) is 6.54 Å². The molecule has 0 aliphatic rings. The van der Waals surface area contributed by atoms with Crippen LogP contribution in [0.4, 0.5) is 4.39 Å². The monoisotopic (exact) mass is 275 g/mol. The Morgan fingerprint density at radius 1 is 1.56 bits per heavy atom. The number of sulfonamides is 1. The quantitative estimate of drug-likeness (QED) is 0.793. The summed E-state index contributed by atoms with van der Waals surface area (Å²) >= 11 is 0. The first-order valence-electron chi connectivity index (χ1n) is 5.29. The molecule has 1 unspecified atom stereocenters. The number of rotatable bonds is 5. The Morgan fingerprint density at radius 2 is 2.22 bits per heavy atom. The van der Waals surface area contributed by atoms with Crippen LogP contribution in [0.2, 0.25) is 0 Å². The van der Waals surface area contributed by atoms with Crippen molar-refractivity contribution in [1.29, 1.82) is 0 Å². The lowest BCUT2D eigenvalue weighted by Gasteiger charge is -2.13. The molecule has 0 fully saturated rings. The van der Waals surface area contributed by atoms with Gasteiger partial charge in [0.1, 0.15) is 0 Å². The van der Waals surface area contributed by atoms with Gasteiger partial charge >= 0.3 is 0 Å². The van der Waals surface area contributed by atoms with Crippen molar-refractivity contribution < 1.29 is 17.6 Å². The van der Waals surface area contributed by atoms with Gasteiger partial charge < -0.3 is 5.32 Å². The van der Waals surface area contributed by atoms with Gasteiger partial charge in [0.05, 0.1) is 6.04 Å². The molecule has 8 heteroatoms. The van der Waals surface area contributed by atoms with E-state index >= 15 is 0 Å². The zero-order valence-corrected chi connectivity index (χ0v) is 10.8. The maximum atomic E-state index is 13.3. The van der Waals surface area contributed by atoms with Crippen LogP contribution in [0, 0.1) is 5.82 Å². The van der Waals surface area contributed by atoms with Crippen LogP contribution in [-0.4, -0.2) is 31.9 Å². The molecule has 1 rings (SSSR count). The van der Waals surface area contributed by atoms with E-state index in [1.165, 1.54) is 13.0 Å². The van der Waals surface area contributed by atoms with Crippen LogP contribution in [-0.2, 0) is 14.8 Å². The minimum absolute atomic E-state index is 0.378. The number of carbonyl (C=O) groups excluding carboxylic acids is 1. The van der Waals surface area contributed by atoms with E-state index in [0.717, 1.165) is 12.3 Å². The lowest BCUT2D eigenvalue weighted by Crippen LogP contribution is -2.45. The average Bonchev–Trinajstić information content (AvgIpc) is 2.29. The van der Waals surface area contributed by atoms with Crippen molar-refractivity contribution in [3.05, 3.63) is 24.1 Å². The molecule has 18 heavy (non-hydrogen) atoms. The summed E-state index contributed by atoms with van der Waals surface area (Å²) in [6, 6.07) is 1.26. The third-order valence-electron chi connectivity index (χ3n) is 2.06. The maximum Gasteiger partial charge on any atom is 0.261 e. The van der Waals surface area contributed by atoms with E-state index in [4.69, 9.17) is 0 Å². The minimum Gasteiger partial charge on any atom is -0.355 e. The number of amides is 1. The van der Waals surface area contributed by atoms with Crippen LogP contribution in [0.5, 0.6) is 0 Å². The normalized spacial score (nSPS) is 13.1. The fourth-order valence-electron chi connectivity index (χ4n) is 1.24. The van der Waals surface area contributed by atoms with Crippen molar-refractivity contribution in [2.45, 2.75) is 24.9 Å². The van der Waals surface area contributed by atoms with E-state index in [1.807, 2.05) is 0 Å². The first-order valence-corrected chi connectivity index (χ1v) is 6.77. The maximum absolute atomic E-state index is 13.3. The molecule has 6 nitrogen and oxygen atoms in total. The molecule has 2 N–H and O–H groups in total. The fraction of sp³-hybridized carbons (Fsp3) is 0.400. The van der Waals surface area contributed by atoms with Gasteiger partial charge in [0.15, 0.2) is 5.82 Å². The minimum atomic E-state index is -4.15. The van der Waals surface area contributed by atoms with Crippen molar-refractivity contribution in [2.24, 2.45) is 0 Å². The standard InChI is InChI=1S/C10H14FN3O3S/c1-3-12-9(15)7(2)14-18(16,17)10-8(11)5-4-6-13-10/h4-7,14H,3H2,1-2H3,(H,12,15). The van der Waals surface area contributed by atoms with E-state index in [2.05, 4.69) is 15.0 Å². The second kappa shape index (κ2) is 5.87. The summed E-state index contributed by atoms with van der Waals surface area (Å²) in [7, 11) is -4.15. The van der Waals surface area contributed by atoms with Crippen LogP contribution in [0.3, 0.4) is 0 Å². The Labute approximate surface area is 105 Å². The molecule has 1 atom stereocenters. The third kappa shape index (κ3) is 3.47. The third-order valence-corrected chi connectivity index (χ3v) is 3.53. The highest BCUT2D eigenvalue weighted by molar-refractivity contribution is 7.89. The summed E-state index contributed by atoms with van der Waals surface area (Å²) in [4.78, 5) is 14.8. The van der Waals surface area contributed by atoms with Crippen LogP contribution in [0.25, 0.3) is 0 Å². The van der Waals surface area contributed by atoms with Crippen molar-refractivity contribution in [2.75, 3.05) is 6.54 Å². The molecule has 0 aromatic carbocycles. The van der Waals surface area contributed by atoms with E-state index < -0.39 is 32.8 Å². The summed E-state index contributed by atoms with van der Waals surface area (Å²) in [5.41, 5.74) is 0. The number of pyridine rings is 1. The molecule has 0 saturated heterocycles. The van der Waals surface area contributed by atoms with E-state index in [1.54, 1.807) is 6.92 Å². The van der Waals surface area contributed by atoms with Gasteiger partial charge in [0.2, 0.25) is 10.9 Å². The Bertz CT molecular complexity index is 533. The molecular formula is C10H14FN3O3S. The van der Waals surface area contributed by atoms with E-state index in [9.17, 15) is 17.6 Å². The molecule has 1 heterocycles. The number of halogens is 1. The summed E-state index contributed by atoms with van der Waals surface area (Å²) in [6.45, 7) is 3.45. The molecule has 0 radical (unpaired) electrons. The molecule has 0 aliphatic carbocycles. The highest BCUT2D eigenvalue weighted by Gasteiger charge is 2.25. The first kappa shape index (κ1) is 14.5. The van der Waals surface area contributed by atoms with Crippen molar-refractivity contribution in [1.82, 2.24) is 15.0 Å². The Balaban J connectivity index is 2.90. The van der Waals surface area contributed by atoms with Gasteiger partial charge in [-0.15, -0.1) is 0 Å². The molecule has 0 aliphatic heterocycles. The predicted octanol–water partition coefficient (Wildman–Crippen LogP) is 0.0236. The van der Waals surface area contributed by atoms with Gasteiger partial charge in [-0.3, -0.25) is 4.79 Å². The zero-order chi connectivity index (χ0) is 13.8. The van der Waals surface area contributed by atoms with E-state index in [-0.39, 0.29) is 0 Å². The highest BCUT2D eigenvalue weighted by Crippen LogP contribution is 2.10. The summed E-state index contributed by atoms with van der Waals surface area (Å²) in [5, 5.41) is 1.73. The molecule has 0 spiro atoms. The highest BCUT2D eigenvalue weighted by atomic mass is 32.2. The summed E-state index contributed by atoms with van der Waals surface area (Å²) < 4.78 is 38.9. The largest absolute Gasteiger partial charge is 0.355 e. The van der Waals surface area contributed by atoms with Gasteiger partial charge in [-0.05, 0) is 26.0 Å². The second-order valence-electron chi connectivity index (χ2n) is 3.53. The van der Waals surface area contributed by atoms with Crippen LogP contribution >= 0.6 is 0 Å². The van der Waals surface area contributed by atoms with Gasteiger partial charge in [0, 0.05) is 12.7 Å². The average molecular weight is 275 g/mol. The Kier molecular flexibility index (Phi) is 4.74. The summed E-state index contributed by atoms with van der Waals surface area (Å²) in [6.07, 6.45) is 1.16. The molecule has 0 bridgehead atoms. The van der Waals surface area contributed by atoms with Gasteiger partial charge in [-0.25, -0.2) is 17.8 Å². The van der Waals surface area contributed by atoms with Gasteiger partial charge in [-0.1, -0.05) is 0 Å². The van der Waals surface area contributed by atoms with Crippen LogP contribution < -0.4 is 10.0 Å². The molecule has 1 amide bonds.